The third kappa shape index (κ3) is 14.4. The molecule has 2 aromatic heterocycles. The first-order valence-electron chi connectivity index (χ1n) is 16.3. The maximum absolute atomic E-state index is 12.7. The molecule has 27 heteroatoms. The lowest BCUT2D eigenvalue weighted by Gasteiger charge is -2.30. The Kier molecular flexibility index (Phi) is 16.2. The average Bonchev–Trinajstić information content (AvgIpc) is 3.60. The lowest BCUT2D eigenvalue weighted by molar-refractivity contribution is -0.137. The molecule has 0 saturated carbocycles. The zero-order chi connectivity index (χ0) is 40.7. The molecule has 7 atom stereocenters. The van der Waals surface area contributed by atoms with E-state index in [1.807, 2.05) is 0 Å². The van der Waals surface area contributed by atoms with Crippen molar-refractivity contribution in [3.05, 3.63) is 12.7 Å². The number of nitrogens with one attached hydrogen (secondary N) is 2. The predicted octanol–water partition coefficient (Wildman–Crippen LogP) is 0.574. The highest BCUT2D eigenvalue weighted by atomic mass is 32.2. The van der Waals surface area contributed by atoms with E-state index in [1.165, 1.54) is 13.8 Å². The normalized spacial score (nSPS) is 22.4. The van der Waals surface area contributed by atoms with E-state index in [2.05, 4.69) is 55.2 Å². The Morgan fingerprint density at radius 2 is 1.69 bits per heavy atom. The Morgan fingerprint density at radius 3 is 2.33 bits per heavy atom. The number of phosphoric acid groups is 3. The zero-order valence-electron chi connectivity index (χ0n) is 30.1. The number of rotatable bonds is 21. The van der Waals surface area contributed by atoms with Crippen LogP contribution in [-0.2, 0) is 45.9 Å². The van der Waals surface area contributed by atoms with E-state index < -0.39 is 78.6 Å². The largest absolute Gasteiger partial charge is 0.481 e. The van der Waals surface area contributed by atoms with E-state index in [-0.39, 0.29) is 41.3 Å². The highest BCUT2D eigenvalue weighted by Crippen LogP contribution is 2.61. The Hall–Kier alpha value is -2.11. The summed E-state index contributed by atoms with van der Waals surface area (Å²) in [5.74, 6) is 0.408. The number of amides is 2. The molecule has 3 rings (SSSR count). The third-order valence-corrected chi connectivity index (χ3v) is 11.7. The summed E-state index contributed by atoms with van der Waals surface area (Å²) in [6.07, 6.45) is -5.67. The van der Waals surface area contributed by atoms with Crippen LogP contribution in [0.2, 0.25) is 0 Å². The number of nitrogens with two attached hydrogens (primary N) is 1. The Bertz CT molecular complexity index is 1740. The van der Waals surface area contributed by atoms with Gasteiger partial charge >= 0.3 is 23.5 Å². The van der Waals surface area contributed by atoms with Crippen LogP contribution in [0.5, 0.6) is 0 Å². The lowest BCUT2D eigenvalue weighted by Crippen LogP contribution is -2.46. The molecule has 1 saturated heterocycles. The van der Waals surface area contributed by atoms with Crippen LogP contribution in [0.3, 0.4) is 0 Å². The number of nitrogen functional groups attached to an aromatic ring is 1. The maximum atomic E-state index is 12.7. The molecule has 2 amide bonds. The van der Waals surface area contributed by atoms with Gasteiger partial charge in [0.2, 0.25) is 11.8 Å². The monoisotopic (exact) mass is 851 g/mol. The number of aliphatic hydroxyl groups is 2. The van der Waals surface area contributed by atoms with Gasteiger partial charge in [-0.3, -0.25) is 27.7 Å². The van der Waals surface area contributed by atoms with Gasteiger partial charge in [-0.15, -0.1) is 0 Å². The summed E-state index contributed by atoms with van der Waals surface area (Å²) in [6, 6.07) is 0. The lowest BCUT2D eigenvalue weighted by atomic mass is 9.87. The number of anilines is 1. The molecule has 10 N–H and O–H groups in total. The van der Waals surface area contributed by atoms with Crippen molar-refractivity contribution in [1.29, 1.82) is 0 Å². The quantitative estimate of drug-likeness (QED) is 0.0612. The summed E-state index contributed by atoms with van der Waals surface area (Å²) < 4.78 is 62.1. The fourth-order valence-corrected chi connectivity index (χ4v) is 8.72. The number of ether oxygens (including phenoxy) is 1. The minimum Gasteiger partial charge on any atom is -0.386 e. The Labute approximate surface area is 314 Å². The molecule has 1 aliphatic heterocycles. The molecule has 1 fully saturated rings. The summed E-state index contributed by atoms with van der Waals surface area (Å²) >= 11 is 1.71. The average molecular weight is 852 g/mol. The van der Waals surface area contributed by atoms with Crippen LogP contribution in [-0.4, -0.2) is 123 Å². The van der Waals surface area contributed by atoms with Crippen molar-refractivity contribution in [1.82, 2.24) is 30.2 Å². The SMILES string of the molecule is CC(C)(C)CCSCCNC(=O)CCNC(=O)C(O)C(C)(C)COP(=O)(O)OP(=O)(O)OCC1OC(n2cnc3c(N)ncnc32)C(O)C1OP(=O)(O)O. The first-order valence-corrected chi connectivity index (χ1v) is 22.0. The molecule has 1 aliphatic rings. The van der Waals surface area contributed by atoms with Gasteiger partial charge in [-0.1, -0.05) is 34.6 Å². The summed E-state index contributed by atoms with van der Waals surface area (Å²) in [5.41, 5.74) is 4.54. The smallest absolute Gasteiger partial charge is 0.386 e. The van der Waals surface area contributed by atoms with Crippen molar-refractivity contribution >= 4 is 64.0 Å². The summed E-state index contributed by atoms with van der Waals surface area (Å²) in [4.78, 5) is 75.6. The number of carbonyl (C=O) groups excluding carboxylic acids is 2. The van der Waals surface area contributed by atoms with Gasteiger partial charge in [0.1, 0.15) is 36.3 Å². The second-order valence-electron chi connectivity index (χ2n) is 14.0. The van der Waals surface area contributed by atoms with Gasteiger partial charge in [0, 0.05) is 30.7 Å². The number of carbonyl (C=O) groups is 2. The van der Waals surface area contributed by atoms with Crippen LogP contribution in [0.15, 0.2) is 12.7 Å². The second kappa shape index (κ2) is 18.9. The molecule has 0 spiro atoms. The molecule has 23 nitrogen and oxygen atoms in total. The molecule has 308 valence electrons. The number of phosphoric ester groups is 3. The van der Waals surface area contributed by atoms with Crippen LogP contribution >= 0.6 is 35.2 Å². The van der Waals surface area contributed by atoms with E-state index in [0.717, 1.165) is 35.1 Å². The highest BCUT2D eigenvalue weighted by Gasteiger charge is 2.50. The first-order chi connectivity index (χ1) is 24.8. The van der Waals surface area contributed by atoms with Gasteiger partial charge in [0.25, 0.3) is 0 Å². The van der Waals surface area contributed by atoms with Crippen molar-refractivity contribution < 1.29 is 75.7 Å². The van der Waals surface area contributed by atoms with Crippen LogP contribution in [0.1, 0.15) is 53.7 Å². The summed E-state index contributed by atoms with van der Waals surface area (Å²) in [5, 5.41) is 26.5. The molecule has 0 aliphatic carbocycles. The van der Waals surface area contributed by atoms with Gasteiger partial charge in [-0.05, 0) is 17.6 Å². The maximum Gasteiger partial charge on any atom is 0.481 e. The predicted molar refractivity (Wildman–Crippen MR) is 191 cm³/mol. The van der Waals surface area contributed by atoms with Crippen molar-refractivity contribution in [2.24, 2.45) is 10.8 Å². The fraction of sp³-hybridized carbons (Fsp3) is 0.741. The number of imidazole rings is 1. The van der Waals surface area contributed by atoms with E-state index in [1.54, 1.807) is 11.8 Å². The highest BCUT2D eigenvalue weighted by molar-refractivity contribution is 7.99. The van der Waals surface area contributed by atoms with Crippen LogP contribution < -0.4 is 16.4 Å². The molecule has 54 heavy (non-hydrogen) atoms. The van der Waals surface area contributed by atoms with Crippen molar-refractivity contribution in [2.45, 2.75) is 78.1 Å². The van der Waals surface area contributed by atoms with E-state index in [4.69, 9.17) is 19.5 Å². The number of hydrogen-bond donors (Lipinski definition) is 9. The summed E-state index contributed by atoms with van der Waals surface area (Å²) in [6.45, 7) is 7.36. The minimum absolute atomic E-state index is 0.0342. The van der Waals surface area contributed by atoms with E-state index in [9.17, 15) is 53.1 Å². The van der Waals surface area contributed by atoms with Gasteiger partial charge in [0.05, 0.1) is 19.5 Å². The Morgan fingerprint density at radius 1 is 1.02 bits per heavy atom. The summed E-state index contributed by atoms with van der Waals surface area (Å²) in [7, 11) is -16.3. The molecule has 0 bridgehead atoms. The second-order valence-corrected chi connectivity index (χ2v) is 19.5. The minimum atomic E-state index is -5.55. The molecule has 0 aromatic carbocycles. The van der Waals surface area contributed by atoms with Gasteiger partial charge < -0.3 is 50.9 Å². The fourth-order valence-electron chi connectivity index (χ4n) is 4.68. The molecule has 0 radical (unpaired) electrons. The molecule has 3 heterocycles. The van der Waals surface area contributed by atoms with Crippen LogP contribution in [0, 0.1) is 10.8 Å². The molecular weight excluding hydrogens is 803 g/mol. The number of nitrogens with zero attached hydrogens (tertiary/aromatic N) is 4. The van der Waals surface area contributed by atoms with Gasteiger partial charge in [-0.2, -0.15) is 16.1 Å². The number of thioether (sulfide) groups is 1. The van der Waals surface area contributed by atoms with Crippen LogP contribution in [0.4, 0.5) is 5.82 Å². The number of aliphatic hydroxyl groups excluding tert-OH is 2. The van der Waals surface area contributed by atoms with E-state index in [0.29, 0.717) is 6.54 Å². The standard InChI is InChI=1S/C27H48N7O16P3S/c1-26(2,3)7-10-54-11-9-29-17(35)6-8-30-24(38)21(37)27(4,5)13-47-53(44,45)50-52(42,43)46-12-16-20(49-51(39,40)41)19(36)25(48-16)34-15-33-18-22(28)31-14-32-23(18)34/h14-16,19-21,25,36-37H,6-13H2,1-5H3,(H,29,35)(H,30,38)(H,42,43)(H,44,45)(H2,28,31,32)(H2,39,40,41). The van der Waals surface area contributed by atoms with Crippen molar-refractivity contribution in [3.8, 4) is 0 Å². The van der Waals surface area contributed by atoms with Crippen molar-refractivity contribution in [2.75, 3.05) is 43.5 Å². The topological polar surface area (TPSA) is 347 Å². The van der Waals surface area contributed by atoms with Crippen molar-refractivity contribution in [3.63, 3.8) is 0 Å². The molecular formula is C27H48N7O16P3S. The molecule has 7 unspecified atom stereocenters. The Balaban J connectivity index is 1.50. The third-order valence-electron chi connectivity index (χ3n) is 7.64. The number of fused-ring (bicyclic) bond motifs is 1. The first kappa shape index (κ1) is 46.3. The van der Waals surface area contributed by atoms with E-state index >= 15 is 0 Å². The van der Waals surface area contributed by atoms with Gasteiger partial charge in [0.15, 0.2) is 17.7 Å². The van der Waals surface area contributed by atoms with Crippen LogP contribution in [0.25, 0.3) is 11.2 Å². The molecule has 2 aromatic rings. The van der Waals surface area contributed by atoms with Gasteiger partial charge in [-0.25, -0.2) is 28.6 Å². The number of aromatic nitrogens is 4. The zero-order valence-corrected chi connectivity index (χ0v) is 33.6. The number of hydrogen-bond acceptors (Lipinski definition) is 17.